The quantitative estimate of drug-likeness (QED) is 0.846. The Hall–Kier alpha value is -0.600. The summed E-state index contributed by atoms with van der Waals surface area (Å²) in [6.07, 6.45) is 6.73. The third-order valence-corrected chi connectivity index (χ3v) is 4.28. The van der Waals surface area contributed by atoms with E-state index >= 15 is 0 Å². The fraction of sp³-hybridized carbons (Fsp3) is 0.600. The van der Waals surface area contributed by atoms with Gasteiger partial charge in [-0.05, 0) is 43.4 Å². The molecule has 0 radical (unpaired) electrons. The van der Waals surface area contributed by atoms with Gasteiger partial charge in [0.05, 0.1) is 5.02 Å². The van der Waals surface area contributed by atoms with Gasteiger partial charge >= 0.3 is 0 Å². The van der Waals surface area contributed by atoms with Gasteiger partial charge in [0, 0.05) is 12.6 Å². The van der Waals surface area contributed by atoms with Gasteiger partial charge in [-0.25, -0.2) is 4.39 Å². The molecule has 0 bridgehead atoms. The van der Waals surface area contributed by atoms with Crippen LogP contribution in [-0.4, -0.2) is 6.04 Å². The van der Waals surface area contributed by atoms with E-state index in [0.717, 1.165) is 11.5 Å². The molecule has 0 aromatic heterocycles. The highest BCUT2D eigenvalue weighted by atomic mass is 35.5. The average Bonchev–Trinajstić information content (AvgIpc) is 2.41. The van der Waals surface area contributed by atoms with E-state index in [-0.39, 0.29) is 10.8 Å². The van der Waals surface area contributed by atoms with Gasteiger partial charge in [-0.15, -0.1) is 0 Å². The Balaban J connectivity index is 1.84. The predicted molar refractivity (Wildman–Crippen MR) is 74.3 cm³/mol. The molecule has 0 heterocycles. The van der Waals surface area contributed by atoms with Gasteiger partial charge in [0.2, 0.25) is 0 Å². The maximum atomic E-state index is 13.3. The second-order valence-electron chi connectivity index (χ2n) is 5.32. The molecule has 1 atom stereocenters. The summed E-state index contributed by atoms with van der Waals surface area (Å²) in [7, 11) is 0. The van der Waals surface area contributed by atoms with Crippen molar-refractivity contribution in [1.82, 2.24) is 5.32 Å². The number of nitrogens with one attached hydrogen (secondary N) is 1. The SMILES string of the molecule is C[C@H](NCc1ccc(Cl)c(F)c1)C1CCCCC1. The summed E-state index contributed by atoms with van der Waals surface area (Å²) in [5.41, 5.74) is 0.958. The summed E-state index contributed by atoms with van der Waals surface area (Å²) in [4.78, 5) is 0. The first-order chi connectivity index (χ1) is 8.66. The lowest BCUT2D eigenvalue weighted by Gasteiger charge is -2.28. The van der Waals surface area contributed by atoms with Crippen LogP contribution in [0.3, 0.4) is 0 Å². The molecule has 0 amide bonds. The van der Waals surface area contributed by atoms with Crippen molar-refractivity contribution in [3.63, 3.8) is 0 Å². The first kappa shape index (κ1) is 13.8. The number of hydrogen-bond donors (Lipinski definition) is 1. The largest absolute Gasteiger partial charge is 0.310 e. The van der Waals surface area contributed by atoms with Gasteiger partial charge in [-0.2, -0.15) is 0 Å². The standard InChI is InChI=1S/C15H21ClFN/c1-11(13-5-3-2-4-6-13)18-10-12-7-8-14(16)15(17)9-12/h7-9,11,13,18H,2-6,10H2,1H3/t11-/m0/s1. The Bertz CT molecular complexity index is 388. The van der Waals surface area contributed by atoms with Crippen molar-refractivity contribution in [3.05, 3.63) is 34.6 Å². The van der Waals surface area contributed by atoms with Gasteiger partial charge in [0.25, 0.3) is 0 Å². The van der Waals surface area contributed by atoms with Crippen LogP contribution in [-0.2, 0) is 6.54 Å². The second-order valence-corrected chi connectivity index (χ2v) is 5.72. The van der Waals surface area contributed by atoms with Crippen molar-refractivity contribution in [2.45, 2.75) is 51.6 Å². The van der Waals surface area contributed by atoms with Crippen LogP contribution in [0.1, 0.15) is 44.6 Å². The van der Waals surface area contributed by atoms with Crippen LogP contribution in [0.2, 0.25) is 5.02 Å². The lowest BCUT2D eigenvalue weighted by atomic mass is 9.84. The minimum absolute atomic E-state index is 0.194. The van der Waals surface area contributed by atoms with Crippen molar-refractivity contribution in [1.29, 1.82) is 0 Å². The van der Waals surface area contributed by atoms with E-state index in [2.05, 4.69) is 12.2 Å². The molecule has 100 valence electrons. The molecule has 1 saturated carbocycles. The molecule has 2 rings (SSSR count). The predicted octanol–water partition coefficient (Wildman–Crippen LogP) is 4.54. The van der Waals surface area contributed by atoms with Gasteiger partial charge in [0.1, 0.15) is 5.82 Å². The molecule has 0 spiro atoms. The number of rotatable bonds is 4. The fourth-order valence-corrected chi connectivity index (χ4v) is 2.85. The summed E-state index contributed by atoms with van der Waals surface area (Å²) >= 11 is 5.67. The topological polar surface area (TPSA) is 12.0 Å². The number of benzene rings is 1. The Kier molecular flexibility index (Phi) is 5.02. The van der Waals surface area contributed by atoms with Gasteiger partial charge < -0.3 is 5.32 Å². The summed E-state index contributed by atoms with van der Waals surface area (Å²) in [6.45, 7) is 2.95. The molecular weight excluding hydrogens is 249 g/mol. The molecule has 1 aromatic carbocycles. The maximum Gasteiger partial charge on any atom is 0.142 e. The van der Waals surface area contributed by atoms with Crippen LogP contribution in [0, 0.1) is 11.7 Å². The van der Waals surface area contributed by atoms with Crippen LogP contribution >= 0.6 is 11.6 Å². The Labute approximate surface area is 114 Å². The normalized spacial score (nSPS) is 18.8. The third kappa shape index (κ3) is 3.69. The second kappa shape index (κ2) is 6.53. The minimum atomic E-state index is -0.332. The molecule has 1 nitrogen and oxygen atoms in total. The monoisotopic (exact) mass is 269 g/mol. The van der Waals surface area contributed by atoms with E-state index in [1.807, 2.05) is 6.07 Å². The molecule has 1 aromatic rings. The third-order valence-electron chi connectivity index (χ3n) is 3.97. The zero-order valence-corrected chi connectivity index (χ0v) is 11.6. The highest BCUT2D eigenvalue weighted by Gasteiger charge is 2.19. The van der Waals surface area contributed by atoms with E-state index in [1.165, 1.54) is 38.2 Å². The zero-order chi connectivity index (χ0) is 13.0. The molecule has 1 aliphatic rings. The summed E-state index contributed by atoms with van der Waals surface area (Å²) in [5, 5.41) is 3.70. The maximum absolute atomic E-state index is 13.3. The zero-order valence-electron chi connectivity index (χ0n) is 10.9. The van der Waals surface area contributed by atoms with Crippen molar-refractivity contribution in [2.24, 2.45) is 5.92 Å². The van der Waals surface area contributed by atoms with Crippen LogP contribution in [0.25, 0.3) is 0 Å². The van der Waals surface area contributed by atoms with Crippen molar-refractivity contribution in [2.75, 3.05) is 0 Å². The molecule has 1 aliphatic carbocycles. The Morgan fingerprint density at radius 2 is 2.06 bits per heavy atom. The molecule has 0 aliphatic heterocycles. The van der Waals surface area contributed by atoms with E-state index in [9.17, 15) is 4.39 Å². The highest BCUT2D eigenvalue weighted by molar-refractivity contribution is 6.30. The van der Waals surface area contributed by atoms with E-state index in [0.29, 0.717) is 12.6 Å². The summed E-state index contributed by atoms with van der Waals surface area (Å²) in [6, 6.07) is 5.53. The van der Waals surface area contributed by atoms with Gasteiger partial charge in [-0.1, -0.05) is 36.9 Å². The molecule has 3 heteroatoms. The number of hydrogen-bond acceptors (Lipinski definition) is 1. The van der Waals surface area contributed by atoms with E-state index in [1.54, 1.807) is 6.07 Å². The Morgan fingerprint density at radius 1 is 1.33 bits per heavy atom. The molecule has 18 heavy (non-hydrogen) atoms. The van der Waals surface area contributed by atoms with Crippen LogP contribution in [0.5, 0.6) is 0 Å². The van der Waals surface area contributed by atoms with Crippen molar-refractivity contribution < 1.29 is 4.39 Å². The van der Waals surface area contributed by atoms with Gasteiger partial charge in [0.15, 0.2) is 0 Å². The first-order valence-electron chi connectivity index (χ1n) is 6.84. The van der Waals surface area contributed by atoms with Crippen molar-refractivity contribution >= 4 is 11.6 Å². The molecule has 1 fully saturated rings. The lowest BCUT2D eigenvalue weighted by Crippen LogP contribution is -2.34. The summed E-state index contributed by atoms with van der Waals surface area (Å²) < 4.78 is 13.3. The molecule has 0 unspecified atom stereocenters. The van der Waals surface area contributed by atoms with E-state index < -0.39 is 0 Å². The number of halogens is 2. The lowest BCUT2D eigenvalue weighted by molar-refractivity contribution is 0.280. The minimum Gasteiger partial charge on any atom is -0.310 e. The average molecular weight is 270 g/mol. The molecule has 0 saturated heterocycles. The molecular formula is C15H21ClFN. The first-order valence-corrected chi connectivity index (χ1v) is 7.22. The van der Waals surface area contributed by atoms with Gasteiger partial charge in [-0.3, -0.25) is 0 Å². The van der Waals surface area contributed by atoms with E-state index in [4.69, 9.17) is 11.6 Å². The van der Waals surface area contributed by atoms with Crippen LogP contribution in [0.15, 0.2) is 18.2 Å². The molecule has 1 N–H and O–H groups in total. The van der Waals surface area contributed by atoms with Crippen LogP contribution < -0.4 is 5.32 Å². The highest BCUT2D eigenvalue weighted by Crippen LogP contribution is 2.26. The smallest absolute Gasteiger partial charge is 0.142 e. The van der Waals surface area contributed by atoms with Crippen LogP contribution in [0.4, 0.5) is 4.39 Å². The summed E-state index contributed by atoms with van der Waals surface area (Å²) in [5.74, 6) is 0.442. The van der Waals surface area contributed by atoms with Crippen molar-refractivity contribution in [3.8, 4) is 0 Å². The fourth-order valence-electron chi connectivity index (χ4n) is 2.73. The Morgan fingerprint density at radius 3 is 2.72 bits per heavy atom.